The molecule has 2 rings (SSSR count). The molecule has 2 aromatic rings. The number of esters is 1. The van der Waals surface area contributed by atoms with Crippen LogP contribution >= 0.6 is 0 Å². The van der Waals surface area contributed by atoms with Crippen LogP contribution in [-0.4, -0.2) is 40.1 Å². The molecule has 2 N–H and O–H groups in total. The average Bonchev–Trinajstić information content (AvgIpc) is 2.68. The summed E-state index contributed by atoms with van der Waals surface area (Å²) < 4.78 is 37.7. The molecular weight excluding hydrogens is 396 g/mol. The highest BCUT2D eigenvalue weighted by Gasteiger charge is 2.25. The molecule has 1 atom stereocenters. The summed E-state index contributed by atoms with van der Waals surface area (Å²) in [5.74, 6) is -0.826. The highest BCUT2D eigenvalue weighted by atomic mass is 32.2. The van der Waals surface area contributed by atoms with Gasteiger partial charge in [-0.15, -0.1) is 0 Å². The third kappa shape index (κ3) is 5.78. The molecule has 9 heteroatoms. The molecule has 0 aliphatic carbocycles. The fourth-order valence-electron chi connectivity index (χ4n) is 2.50. The first-order valence-electron chi connectivity index (χ1n) is 8.93. The number of carbonyl (C=O) groups excluding carboxylic acids is 2. The number of ether oxygens (including phenoxy) is 2. The van der Waals surface area contributed by atoms with Crippen molar-refractivity contribution in [3.63, 3.8) is 0 Å². The summed E-state index contributed by atoms with van der Waals surface area (Å²) in [5, 5.41) is 2.60. The summed E-state index contributed by atoms with van der Waals surface area (Å²) in [6.45, 7) is 5.17. The molecule has 29 heavy (non-hydrogen) atoms. The van der Waals surface area contributed by atoms with E-state index in [0.29, 0.717) is 11.3 Å². The molecule has 0 spiro atoms. The monoisotopic (exact) mass is 420 g/mol. The molecule has 0 saturated carbocycles. The first kappa shape index (κ1) is 22.4. The Hall–Kier alpha value is -2.91. The summed E-state index contributed by atoms with van der Waals surface area (Å²) in [4.78, 5) is 24.0. The average molecular weight is 420 g/mol. The standard InChI is InChI=1S/C20H24N2O6S/c1-5-28-20(24)15-7-9-16(10-8-15)21-19(23)14(3)22-29(25,26)18-12-13(2)6-11-17(18)27-4/h6-12,14,22H,5H2,1-4H3,(H,21,23). The minimum Gasteiger partial charge on any atom is -0.495 e. The first-order chi connectivity index (χ1) is 13.7. The zero-order valence-electron chi connectivity index (χ0n) is 16.7. The van der Waals surface area contributed by atoms with Gasteiger partial charge in [0.15, 0.2) is 0 Å². The predicted molar refractivity (Wildman–Crippen MR) is 109 cm³/mol. The van der Waals surface area contributed by atoms with Crippen LogP contribution in [0.2, 0.25) is 0 Å². The number of rotatable bonds is 8. The van der Waals surface area contributed by atoms with Gasteiger partial charge in [0.05, 0.1) is 25.3 Å². The van der Waals surface area contributed by atoms with Crippen molar-refractivity contribution < 1.29 is 27.5 Å². The number of benzene rings is 2. The van der Waals surface area contributed by atoms with Gasteiger partial charge in [-0.2, -0.15) is 4.72 Å². The topological polar surface area (TPSA) is 111 Å². The maximum Gasteiger partial charge on any atom is 0.338 e. The molecule has 0 radical (unpaired) electrons. The summed E-state index contributed by atoms with van der Waals surface area (Å²) in [5.41, 5.74) is 1.51. The molecule has 0 aliphatic heterocycles. The van der Waals surface area contributed by atoms with Gasteiger partial charge in [0.1, 0.15) is 10.6 Å². The lowest BCUT2D eigenvalue weighted by molar-refractivity contribution is -0.117. The number of methoxy groups -OCH3 is 1. The van der Waals surface area contributed by atoms with Gasteiger partial charge in [-0.1, -0.05) is 6.07 Å². The quantitative estimate of drug-likeness (QED) is 0.635. The summed E-state index contributed by atoms with van der Waals surface area (Å²) in [6, 6.07) is 9.81. The van der Waals surface area contributed by atoms with Gasteiger partial charge in [0.2, 0.25) is 15.9 Å². The fraction of sp³-hybridized carbons (Fsp3) is 0.300. The molecule has 0 saturated heterocycles. The van der Waals surface area contributed by atoms with Crippen LogP contribution in [0.1, 0.15) is 29.8 Å². The van der Waals surface area contributed by atoms with Crippen LogP contribution in [0.15, 0.2) is 47.4 Å². The van der Waals surface area contributed by atoms with E-state index in [1.807, 2.05) is 0 Å². The molecule has 2 aromatic carbocycles. The van der Waals surface area contributed by atoms with Gasteiger partial charge in [-0.3, -0.25) is 4.79 Å². The van der Waals surface area contributed by atoms with Crippen molar-refractivity contribution in [1.29, 1.82) is 0 Å². The largest absolute Gasteiger partial charge is 0.495 e. The highest BCUT2D eigenvalue weighted by Crippen LogP contribution is 2.24. The molecule has 156 valence electrons. The summed E-state index contributed by atoms with van der Waals surface area (Å²) in [7, 11) is -2.61. The molecule has 1 amide bonds. The Morgan fingerprint density at radius 1 is 1.10 bits per heavy atom. The van der Waals surface area contributed by atoms with Crippen LogP contribution in [0.5, 0.6) is 5.75 Å². The Morgan fingerprint density at radius 3 is 2.34 bits per heavy atom. The SMILES string of the molecule is CCOC(=O)c1ccc(NC(=O)C(C)NS(=O)(=O)c2cc(C)ccc2OC)cc1. The molecule has 0 aliphatic rings. The minimum absolute atomic E-state index is 0.0431. The number of nitrogens with one attached hydrogen (secondary N) is 2. The molecule has 0 bridgehead atoms. The molecule has 0 aromatic heterocycles. The van der Waals surface area contributed by atoms with Crippen LogP contribution in [-0.2, 0) is 19.6 Å². The Labute approximate surface area is 170 Å². The van der Waals surface area contributed by atoms with Crippen molar-refractivity contribution in [2.45, 2.75) is 31.7 Å². The Morgan fingerprint density at radius 2 is 1.76 bits per heavy atom. The number of sulfonamides is 1. The zero-order chi connectivity index (χ0) is 21.6. The number of hydrogen-bond donors (Lipinski definition) is 2. The number of hydrogen-bond acceptors (Lipinski definition) is 6. The van der Waals surface area contributed by atoms with E-state index >= 15 is 0 Å². The third-order valence-electron chi connectivity index (χ3n) is 4.00. The highest BCUT2D eigenvalue weighted by molar-refractivity contribution is 7.89. The maximum atomic E-state index is 12.7. The third-order valence-corrected chi connectivity index (χ3v) is 5.56. The van der Waals surface area contributed by atoms with Crippen LogP contribution in [0.4, 0.5) is 5.69 Å². The second kappa shape index (κ2) is 9.53. The molecule has 8 nitrogen and oxygen atoms in total. The smallest absolute Gasteiger partial charge is 0.338 e. The lowest BCUT2D eigenvalue weighted by Gasteiger charge is -2.16. The van der Waals surface area contributed by atoms with E-state index in [1.54, 1.807) is 26.0 Å². The summed E-state index contributed by atoms with van der Waals surface area (Å²) >= 11 is 0. The molecule has 0 fully saturated rings. The van der Waals surface area contributed by atoms with Gasteiger partial charge in [0.25, 0.3) is 0 Å². The van der Waals surface area contributed by atoms with Gasteiger partial charge in [-0.25, -0.2) is 13.2 Å². The van der Waals surface area contributed by atoms with E-state index in [2.05, 4.69) is 10.0 Å². The van der Waals surface area contributed by atoms with E-state index in [1.165, 1.54) is 44.4 Å². The van der Waals surface area contributed by atoms with E-state index in [-0.39, 0.29) is 17.3 Å². The van der Waals surface area contributed by atoms with E-state index in [4.69, 9.17) is 9.47 Å². The predicted octanol–water partition coefficient (Wildman–Crippen LogP) is 2.49. The van der Waals surface area contributed by atoms with Crippen LogP contribution < -0.4 is 14.8 Å². The van der Waals surface area contributed by atoms with Gasteiger partial charge in [-0.05, 0) is 62.7 Å². The van der Waals surface area contributed by atoms with Crippen molar-refractivity contribution in [1.82, 2.24) is 4.72 Å². The number of carbonyl (C=O) groups is 2. The van der Waals surface area contributed by atoms with Crippen LogP contribution in [0.3, 0.4) is 0 Å². The molecule has 0 heterocycles. The number of amides is 1. The van der Waals surface area contributed by atoms with E-state index < -0.39 is 27.9 Å². The second-order valence-corrected chi connectivity index (χ2v) is 7.97. The summed E-state index contributed by atoms with van der Waals surface area (Å²) in [6.07, 6.45) is 0. The van der Waals surface area contributed by atoms with Crippen molar-refractivity contribution in [3.8, 4) is 5.75 Å². The number of anilines is 1. The van der Waals surface area contributed by atoms with Crippen LogP contribution in [0.25, 0.3) is 0 Å². The van der Waals surface area contributed by atoms with Gasteiger partial charge >= 0.3 is 5.97 Å². The zero-order valence-corrected chi connectivity index (χ0v) is 17.5. The minimum atomic E-state index is -3.98. The lowest BCUT2D eigenvalue weighted by Crippen LogP contribution is -2.41. The second-order valence-electron chi connectivity index (χ2n) is 6.28. The number of aryl methyl sites for hydroxylation is 1. The maximum absolute atomic E-state index is 12.7. The van der Waals surface area contributed by atoms with Gasteiger partial charge in [0, 0.05) is 5.69 Å². The normalized spacial score (nSPS) is 12.1. The van der Waals surface area contributed by atoms with Crippen LogP contribution in [0, 0.1) is 6.92 Å². The Balaban J connectivity index is 2.09. The van der Waals surface area contributed by atoms with Crippen molar-refractivity contribution in [2.24, 2.45) is 0 Å². The van der Waals surface area contributed by atoms with Gasteiger partial charge < -0.3 is 14.8 Å². The fourth-order valence-corrected chi connectivity index (χ4v) is 3.95. The van der Waals surface area contributed by atoms with E-state index in [9.17, 15) is 18.0 Å². The Kier molecular flexibility index (Phi) is 7.35. The van der Waals surface area contributed by atoms with Crippen molar-refractivity contribution >= 4 is 27.6 Å². The Bertz CT molecular complexity index is 987. The lowest BCUT2D eigenvalue weighted by atomic mass is 10.2. The molecule has 1 unspecified atom stereocenters. The first-order valence-corrected chi connectivity index (χ1v) is 10.4. The van der Waals surface area contributed by atoms with Crippen molar-refractivity contribution in [3.05, 3.63) is 53.6 Å². The van der Waals surface area contributed by atoms with E-state index in [0.717, 1.165) is 5.56 Å². The molecular formula is C20H24N2O6S. The van der Waals surface area contributed by atoms with Crippen molar-refractivity contribution in [2.75, 3.05) is 19.0 Å².